The van der Waals surface area contributed by atoms with Gasteiger partial charge in [0.2, 0.25) is 0 Å². The van der Waals surface area contributed by atoms with Gasteiger partial charge in [0.15, 0.2) is 0 Å². The van der Waals surface area contributed by atoms with Crippen LogP contribution in [-0.2, 0) is 0 Å². The fraction of sp³-hybridized carbons (Fsp3) is 0.250. The smallest absolute Gasteiger partial charge is 0.257 e. The Morgan fingerprint density at radius 2 is 1.70 bits per heavy atom. The van der Waals surface area contributed by atoms with Gasteiger partial charge >= 0.3 is 0 Å². The summed E-state index contributed by atoms with van der Waals surface area (Å²) in [6.07, 6.45) is 0. The zero-order valence-corrected chi connectivity index (χ0v) is 12.0. The van der Waals surface area contributed by atoms with Crippen LogP contribution in [0.3, 0.4) is 0 Å². The first-order valence-electron chi connectivity index (χ1n) is 6.55. The number of para-hydroxylation sites is 1. The average molecular weight is 287 g/mol. The average Bonchev–Trinajstić information content (AvgIpc) is 2.76. The number of benzene rings is 2. The summed E-state index contributed by atoms with van der Waals surface area (Å²) in [5, 5.41) is 20.4. The highest BCUT2D eigenvalue weighted by Crippen LogP contribution is 2.46. The van der Waals surface area contributed by atoms with Gasteiger partial charge < -0.3 is 15.1 Å². The van der Waals surface area contributed by atoms with Gasteiger partial charge in [0.25, 0.3) is 5.91 Å². The van der Waals surface area contributed by atoms with Crippen LogP contribution in [0.15, 0.2) is 54.6 Å². The van der Waals surface area contributed by atoms with E-state index in [9.17, 15) is 10.2 Å². The van der Waals surface area contributed by atoms with Crippen molar-refractivity contribution in [3.8, 4) is 0 Å². The molecular formula is C16H17NO2S. The summed E-state index contributed by atoms with van der Waals surface area (Å²) in [6, 6.07) is 17.7. The second kappa shape index (κ2) is 5.13. The third-order valence-electron chi connectivity index (χ3n) is 3.45. The molecule has 1 aliphatic heterocycles. The first-order chi connectivity index (χ1) is 9.58. The maximum Gasteiger partial charge on any atom is 0.257 e. The van der Waals surface area contributed by atoms with E-state index < -0.39 is 5.91 Å². The molecule has 1 unspecified atom stereocenters. The molecule has 1 fully saturated rings. The van der Waals surface area contributed by atoms with E-state index in [-0.39, 0.29) is 11.1 Å². The maximum absolute atomic E-state index is 10.3. The van der Waals surface area contributed by atoms with Gasteiger partial charge in [-0.25, -0.2) is 0 Å². The van der Waals surface area contributed by atoms with E-state index in [1.807, 2.05) is 61.5 Å². The Balaban J connectivity index is 2.00. The van der Waals surface area contributed by atoms with Crippen molar-refractivity contribution in [2.75, 3.05) is 10.7 Å². The van der Waals surface area contributed by atoms with E-state index in [0.29, 0.717) is 0 Å². The molecule has 0 bridgehead atoms. The topological polar surface area (TPSA) is 43.7 Å². The van der Waals surface area contributed by atoms with Crippen molar-refractivity contribution in [1.29, 1.82) is 0 Å². The van der Waals surface area contributed by atoms with Gasteiger partial charge in [-0.15, -0.1) is 11.8 Å². The predicted octanol–water partition coefficient (Wildman–Crippen LogP) is 2.89. The molecule has 3 nitrogen and oxygen atoms in total. The highest BCUT2D eigenvalue weighted by Gasteiger charge is 2.45. The molecule has 1 saturated heterocycles. The summed E-state index contributed by atoms with van der Waals surface area (Å²) in [7, 11) is 0. The molecule has 3 rings (SSSR count). The number of rotatable bonds is 2. The molecule has 1 aliphatic rings. The highest BCUT2D eigenvalue weighted by atomic mass is 32.2. The molecule has 20 heavy (non-hydrogen) atoms. The normalized spacial score (nSPS) is 21.1. The van der Waals surface area contributed by atoms with Crippen LogP contribution in [0.4, 0.5) is 5.69 Å². The zero-order chi connectivity index (χ0) is 14.2. The Morgan fingerprint density at radius 1 is 1.05 bits per heavy atom. The number of aliphatic hydroxyl groups is 2. The van der Waals surface area contributed by atoms with Gasteiger partial charge in [-0.3, -0.25) is 0 Å². The van der Waals surface area contributed by atoms with E-state index in [2.05, 4.69) is 0 Å². The largest absolute Gasteiger partial charge is 0.348 e. The fourth-order valence-corrected chi connectivity index (χ4v) is 3.74. The molecule has 2 aromatic carbocycles. The molecule has 0 aromatic heterocycles. The summed E-state index contributed by atoms with van der Waals surface area (Å²) in [5.41, 5.74) is 3.09. The second-order valence-electron chi connectivity index (χ2n) is 5.05. The van der Waals surface area contributed by atoms with E-state index in [4.69, 9.17) is 0 Å². The Kier molecular flexibility index (Phi) is 3.46. The van der Waals surface area contributed by atoms with Crippen LogP contribution in [0, 0.1) is 6.92 Å². The lowest BCUT2D eigenvalue weighted by Crippen LogP contribution is -2.46. The van der Waals surface area contributed by atoms with Gasteiger partial charge in [0.1, 0.15) is 5.37 Å². The Hall–Kier alpha value is -1.49. The third-order valence-corrected chi connectivity index (χ3v) is 4.80. The first-order valence-corrected chi connectivity index (χ1v) is 7.60. The summed E-state index contributed by atoms with van der Waals surface area (Å²) in [4.78, 5) is 1.67. The van der Waals surface area contributed by atoms with E-state index in [1.165, 1.54) is 17.3 Å². The minimum Gasteiger partial charge on any atom is -0.348 e. The molecule has 4 heteroatoms. The minimum absolute atomic E-state index is 0.0898. The highest BCUT2D eigenvalue weighted by molar-refractivity contribution is 8.00. The van der Waals surface area contributed by atoms with Crippen molar-refractivity contribution in [3.05, 3.63) is 65.7 Å². The van der Waals surface area contributed by atoms with Crippen molar-refractivity contribution in [2.45, 2.75) is 18.2 Å². The summed E-state index contributed by atoms with van der Waals surface area (Å²) < 4.78 is 0. The molecule has 2 aromatic rings. The summed E-state index contributed by atoms with van der Waals surface area (Å²) in [5.74, 6) is -1.55. The number of thioether (sulfide) groups is 1. The van der Waals surface area contributed by atoms with Crippen LogP contribution >= 0.6 is 11.8 Å². The lowest BCUT2D eigenvalue weighted by atomic mass is 10.1. The van der Waals surface area contributed by atoms with Crippen LogP contribution in [0.25, 0.3) is 0 Å². The minimum atomic E-state index is -1.82. The molecule has 0 radical (unpaired) electrons. The van der Waals surface area contributed by atoms with E-state index in [0.717, 1.165) is 11.3 Å². The SMILES string of the molecule is Cc1ccc(C2SCC(O)(O)N2c2ccccc2)cc1. The summed E-state index contributed by atoms with van der Waals surface area (Å²) in [6.45, 7) is 2.04. The van der Waals surface area contributed by atoms with Crippen molar-refractivity contribution in [2.24, 2.45) is 0 Å². The molecule has 0 saturated carbocycles. The number of nitrogens with zero attached hydrogens (tertiary/aromatic N) is 1. The van der Waals surface area contributed by atoms with Gasteiger partial charge in [-0.2, -0.15) is 0 Å². The molecule has 0 aliphatic carbocycles. The summed E-state index contributed by atoms with van der Waals surface area (Å²) >= 11 is 1.54. The van der Waals surface area contributed by atoms with Gasteiger partial charge in [0.05, 0.1) is 5.75 Å². The third kappa shape index (κ3) is 2.42. The number of hydrogen-bond donors (Lipinski definition) is 2. The van der Waals surface area contributed by atoms with Gasteiger partial charge in [-0.1, -0.05) is 48.0 Å². The first kappa shape index (κ1) is 13.5. The van der Waals surface area contributed by atoms with E-state index >= 15 is 0 Å². The van der Waals surface area contributed by atoms with Crippen molar-refractivity contribution in [3.63, 3.8) is 0 Å². The molecule has 104 valence electrons. The fourth-order valence-electron chi connectivity index (χ4n) is 2.43. The maximum atomic E-state index is 10.3. The number of aryl methyl sites for hydroxylation is 1. The molecular weight excluding hydrogens is 270 g/mol. The van der Waals surface area contributed by atoms with Crippen LogP contribution in [-0.4, -0.2) is 21.9 Å². The predicted molar refractivity (Wildman–Crippen MR) is 82.5 cm³/mol. The van der Waals surface area contributed by atoms with Crippen molar-refractivity contribution >= 4 is 17.4 Å². The Labute approximate surface area is 122 Å². The number of anilines is 1. The van der Waals surface area contributed by atoms with Gasteiger partial charge in [-0.05, 0) is 24.6 Å². The van der Waals surface area contributed by atoms with Crippen molar-refractivity contribution in [1.82, 2.24) is 0 Å². The van der Waals surface area contributed by atoms with Crippen LogP contribution < -0.4 is 4.90 Å². The van der Waals surface area contributed by atoms with Crippen LogP contribution in [0.5, 0.6) is 0 Å². The standard InChI is InChI=1S/C16H17NO2S/c1-12-7-9-13(10-8-12)15-17(16(18,19)11-20-15)14-5-3-2-4-6-14/h2-10,15,18-19H,11H2,1H3. The van der Waals surface area contributed by atoms with Gasteiger partial charge in [0, 0.05) is 5.69 Å². The second-order valence-corrected chi connectivity index (χ2v) is 6.12. The Morgan fingerprint density at radius 3 is 2.35 bits per heavy atom. The molecule has 0 spiro atoms. The lowest BCUT2D eigenvalue weighted by Gasteiger charge is -2.34. The molecule has 1 heterocycles. The Bertz CT molecular complexity index is 583. The van der Waals surface area contributed by atoms with Crippen molar-refractivity contribution < 1.29 is 10.2 Å². The lowest BCUT2D eigenvalue weighted by molar-refractivity contribution is -0.136. The quantitative estimate of drug-likeness (QED) is 0.834. The monoisotopic (exact) mass is 287 g/mol. The molecule has 2 N–H and O–H groups in total. The molecule has 1 atom stereocenters. The molecule has 0 amide bonds. The van der Waals surface area contributed by atoms with Crippen LogP contribution in [0.2, 0.25) is 0 Å². The van der Waals surface area contributed by atoms with Crippen LogP contribution in [0.1, 0.15) is 16.5 Å². The number of hydrogen-bond acceptors (Lipinski definition) is 4. The van der Waals surface area contributed by atoms with E-state index in [1.54, 1.807) is 4.90 Å². The zero-order valence-electron chi connectivity index (χ0n) is 11.2.